The van der Waals surface area contributed by atoms with Gasteiger partial charge in [0.05, 0.1) is 17.4 Å². The van der Waals surface area contributed by atoms with Gasteiger partial charge in [-0.25, -0.2) is 0 Å². The number of thiocarbonyl (C=S) groups is 1. The Morgan fingerprint density at radius 2 is 2.06 bits per heavy atom. The molecule has 2 aliphatic rings. The Hall–Kier alpha value is -2.64. The second-order valence-electron chi connectivity index (χ2n) is 9.12. The second-order valence-corrected chi connectivity index (χ2v) is 10.8. The summed E-state index contributed by atoms with van der Waals surface area (Å²) in [7, 11) is 0. The van der Waals surface area contributed by atoms with Gasteiger partial charge in [-0.1, -0.05) is 37.8 Å². The molecule has 0 aliphatic carbocycles. The van der Waals surface area contributed by atoms with Crippen LogP contribution in [-0.2, 0) is 20.9 Å². The van der Waals surface area contributed by atoms with Crippen LogP contribution >= 0.6 is 24.0 Å². The number of pyridine rings is 1. The van der Waals surface area contributed by atoms with Gasteiger partial charge in [-0.05, 0) is 51.2 Å². The zero-order valence-corrected chi connectivity index (χ0v) is 22.6. The Morgan fingerprint density at radius 1 is 1.34 bits per heavy atom. The highest BCUT2D eigenvalue weighted by atomic mass is 32.2. The van der Waals surface area contributed by atoms with Crippen molar-refractivity contribution in [2.24, 2.45) is 11.8 Å². The molecule has 2 aliphatic heterocycles. The zero-order chi connectivity index (χ0) is 25.9. The topological polar surface area (TPSA) is 95.6 Å². The maximum Gasteiger partial charge on any atom is 0.310 e. The monoisotopic (exact) mass is 516 g/mol. The van der Waals surface area contributed by atoms with Crippen LogP contribution in [0, 0.1) is 30.1 Å². The first-order valence-corrected chi connectivity index (χ1v) is 13.2. The smallest absolute Gasteiger partial charge is 0.310 e. The third-order valence-electron chi connectivity index (χ3n) is 6.20. The molecule has 10 heteroatoms. The van der Waals surface area contributed by atoms with Gasteiger partial charge in [0.2, 0.25) is 0 Å². The summed E-state index contributed by atoms with van der Waals surface area (Å²) in [5, 5.41) is 9.75. The normalized spacial score (nSPS) is 19.6. The van der Waals surface area contributed by atoms with Crippen molar-refractivity contribution in [2.45, 2.75) is 54.0 Å². The van der Waals surface area contributed by atoms with Crippen LogP contribution in [0.5, 0.6) is 0 Å². The number of piperidine rings is 1. The number of hydrogen-bond donors (Lipinski definition) is 0. The number of esters is 1. The molecule has 188 valence electrons. The zero-order valence-electron chi connectivity index (χ0n) is 20.9. The standard InChI is InChI=1S/C25H32N4O4S2/c1-6-28-21(27-10-8-9-17(14-27)24(32)33-7-2)18(16(5)19(12-26)22(28)30)11-20-23(31)29(13-15(3)4)25(34)35-20/h11,15,17H,6-10,13-14H2,1-5H3/b20-11+. The Kier molecular flexibility index (Phi) is 8.78. The molecular formula is C25H32N4O4S2. The molecule has 0 bridgehead atoms. The maximum atomic E-state index is 13.2. The third-order valence-corrected chi connectivity index (χ3v) is 7.58. The van der Waals surface area contributed by atoms with Gasteiger partial charge in [-0.2, -0.15) is 5.26 Å². The third kappa shape index (κ3) is 5.46. The molecule has 1 aromatic heterocycles. The van der Waals surface area contributed by atoms with Gasteiger partial charge in [-0.15, -0.1) is 0 Å². The van der Waals surface area contributed by atoms with E-state index in [1.807, 2.05) is 31.7 Å². The molecule has 1 aromatic rings. The fraction of sp³-hybridized carbons (Fsp3) is 0.560. The number of carbonyl (C=O) groups excluding carboxylic acids is 2. The van der Waals surface area contributed by atoms with Crippen molar-refractivity contribution in [1.29, 1.82) is 5.26 Å². The summed E-state index contributed by atoms with van der Waals surface area (Å²) in [6.45, 7) is 11.6. The number of thioether (sulfide) groups is 1. The minimum absolute atomic E-state index is 0.0541. The van der Waals surface area contributed by atoms with Gasteiger partial charge in [-0.3, -0.25) is 23.9 Å². The number of nitrogens with zero attached hydrogens (tertiary/aromatic N) is 4. The minimum Gasteiger partial charge on any atom is -0.466 e. The lowest BCUT2D eigenvalue weighted by Crippen LogP contribution is -2.43. The van der Waals surface area contributed by atoms with Gasteiger partial charge < -0.3 is 9.64 Å². The SMILES string of the molecule is CCOC(=O)C1CCCN(c2c(/C=C3/SC(=S)N(CC(C)C)C3=O)c(C)c(C#N)c(=O)n2CC)C1. The number of hydrogen-bond acceptors (Lipinski definition) is 8. The molecule has 8 nitrogen and oxygen atoms in total. The number of rotatable bonds is 7. The second kappa shape index (κ2) is 11.4. The average Bonchev–Trinajstić information content (AvgIpc) is 3.08. The summed E-state index contributed by atoms with van der Waals surface area (Å²) in [5.41, 5.74) is 0.839. The minimum atomic E-state index is -0.370. The molecule has 3 rings (SSSR count). The lowest BCUT2D eigenvalue weighted by Gasteiger charge is -2.36. The van der Waals surface area contributed by atoms with Crippen LogP contribution in [0.4, 0.5) is 5.82 Å². The van der Waals surface area contributed by atoms with Gasteiger partial charge in [0.15, 0.2) is 0 Å². The quantitative estimate of drug-likeness (QED) is 0.308. The highest BCUT2D eigenvalue weighted by molar-refractivity contribution is 8.26. The number of ether oxygens (including phenoxy) is 1. The van der Waals surface area contributed by atoms with Crippen molar-refractivity contribution in [3.05, 3.63) is 31.9 Å². The van der Waals surface area contributed by atoms with E-state index >= 15 is 0 Å². The molecule has 35 heavy (non-hydrogen) atoms. The summed E-state index contributed by atoms with van der Waals surface area (Å²) < 4.78 is 7.32. The molecule has 0 spiro atoms. The Bertz CT molecular complexity index is 1170. The van der Waals surface area contributed by atoms with E-state index in [-0.39, 0.29) is 34.8 Å². The fourth-order valence-electron chi connectivity index (χ4n) is 4.55. The first kappa shape index (κ1) is 27.0. The molecule has 2 saturated heterocycles. The van der Waals surface area contributed by atoms with E-state index in [2.05, 4.69) is 0 Å². The van der Waals surface area contributed by atoms with Crippen molar-refractivity contribution >= 4 is 52.1 Å². The van der Waals surface area contributed by atoms with Crippen molar-refractivity contribution in [1.82, 2.24) is 9.47 Å². The summed E-state index contributed by atoms with van der Waals surface area (Å²) in [6, 6.07) is 2.05. The summed E-state index contributed by atoms with van der Waals surface area (Å²) in [4.78, 5) is 43.0. The van der Waals surface area contributed by atoms with Crippen LogP contribution in [-0.4, -0.2) is 51.9 Å². The molecule has 3 heterocycles. The highest BCUT2D eigenvalue weighted by Crippen LogP contribution is 2.37. The molecule has 0 radical (unpaired) electrons. The molecule has 0 saturated carbocycles. The first-order chi connectivity index (χ1) is 16.6. The number of anilines is 1. The van der Waals surface area contributed by atoms with Crippen LogP contribution < -0.4 is 10.5 Å². The maximum absolute atomic E-state index is 13.2. The van der Waals surface area contributed by atoms with Crippen LogP contribution in [0.25, 0.3) is 6.08 Å². The van der Waals surface area contributed by atoms with Crippen LogP contribution in [0.1, 0.15) is 57.2 Å². The molecule has 2 fully saturated rings. The van der Waals surface area contributed by atoms with Gasteiger partial charge in [0.1, 0.15) is 21.8 Å². The van der Waals surface area contributed by atoms with E-state index < -0.39 is 0 Å². The molecule has 1 amide bonds. The molecule has 1 atom stereocenters. The lowest BCUT2D eigenvalue weighted by molar-refractivity contribution is -0.148. The van der Waals surface area contributed by atoms with Crippen molar-refractivity contribution < 1.29 is 14.3 Å². The van der Waals surface area contributed by atoms with Gasteiger partial charge in [0.25, 0.3) is 11.5 Å². The van der Waals surface area contributed by atoms with Crippen LogP contribution in [0.3, 0.4) is 0 Å². The predicted octanol–water partition coefficient (Wildman–Crippen LogP) is 3.69. The van der Waals surface area contributed by atoms with Gasteiger partial charge >= 0.3 is 5.97 Å². The Labute approximate surface area is 215 Å². The molecule has 1 unspecified atom stereocenters. The first-order valence-electron chi connectivity index (χ1n) is 12.0. The molecule has 0 N–H and O–H groups in total. The predicted molar refractivity (Wildman–Crippen MR) is 142 cm³/mol. The summed E-state index contributed by atoms with van der Waals surface area (Å²) in [5.74, 6) is 0.155. The Morgan fingerprint density at radius 3 is 2.66 bits per heavy atom. The average molecular weight is 517 g/mol. The van der Waals surface area contributed by atoms with E-state index in [0.29, 0.717) is 65.4 Å². The summed E-state index contributed by atoms with van der Waals surface area (Å²) >= 11 is 6.70. The Balaban J connectivity index is 2.16. The number of aromatic nitrogens is 1. The molecule has 0 aromatic carbocycles. The molecular weight excluding hydrogens is 484 g/mol. The van der Waals surface area contributed by atoms with Crippen molar-refractivity contribution in [3.8, 4) is 6.07 Å². The van der Waals surface area contributed by atoms with Crippen LogP contribution in [0.15, 0.2) is 9.70 Å². The van der Waals surface area contributed by atoms with E-state index in [9.17, 15) is 19.6 Å². The van der Waals surface area contributed by atoms with Crippen molar-refractivity contribution in [3.63, 3.8) is 0 Å². The number of amides is 1. The van der Waals surface area contributed by atoms with E-state index in [1.54, 1.807) is 29.4 Å². The number of nitriles is 1. The van der Waals surface area contributed by atoms with Gasteiger partial charge in [0, 0.05) is 31.7 Å². The van der Waals surface area contributed by atoms with Crippen molar-refractivity contribution in [2.75, 3.05) is 31.1 Å². The fourth-order valence-corrected chi connectivity index (χ4v) is 5.81. The van der Waals surface area contributed by atoms with E-state index in [4.69, 9.17) is 17.0 Å². The van der Waals surface area contributed by atoms with Crippen LogP contribution in [0.2, 0.25) is 0 Å². The highest BCUT2D eigenvalue weighted by Gasteiger charge is 2.35. The number of carbonyl (C=O) groups is 2. The largest absolute Gasteiger partial charge is 0.466 e. The summed E-state index contributed by atoms with van der Waals surface area (Å²) in [6.07, 6.45) is 3.23. The van der Waals surface area contributed by atoms with E-state index in [1.165, 1.54) is 11.8 Å². The van der Waals surface area contributed by atoms with E-state index in [0.717, 1.165) is 6.42 Å². The lowest BCUT2D eigenvalue weighted by atomic mass is 9.96.